The molecule has 1 atom stereocenters. The molecular weight excluding hydrogens is 450 g/mol. The van der Waals surface area contributed by atoms with E-state index < -0.39 is 6.04 Å². The molecule has 0 saturated heterocycles. The van der Waals surface area contributed by atoms with Gasteiger partial charge >= 0.3 is 0 Å². The summed E-state index contributed by atoms with van der Waals surface area (Å²) in [6.07, 6.45) is 9.81. The van der Waals surface area contributed by atoms with Crippen molar-refractivity contribution in [2.24, 2.45) is 5.92 Å². The van der Waals surface area contributed by atoms with E-state index in [0.717, 1.165) is 48.1 Å². The summed E-state index contributed by atoms with van der Waals surface area (Å²) in [5.74, 6) is -0.331. The van der Waals surface area contributed by atoms with Gasteiger partial charge in [0, 0.05) is 35.4 Å². The van der Waals surface area contributed by atoms with E-state index in [4.69, 9.17) is 0 Å². The highest BCUT2D eigenvalue weighted by Crippen LogP contribution is 2.29. The first-order valence-electron chi connectivity index (χ1n) is 13.0. The lowest BCUT2D eigenvalue weighted by atomic mass is 9.91. The number of anilines is 1. The number of benzene rings is 1. The van der Waals surface area contributed by atoms with Crippen molar-refractivity contribution < 1.29 is 9.59 Å². The zero-order chi connectivity index (χ0) is 25.7. The van der Waals surface area contributed by atoms with E-state index in [1.807, 2.05) is 57.3 Å². The Hall–Kier alpha value is -3.48. The summed E-state index contributed by atoms with van der Waals surface area (Å²) >= 11 is 0. The molecule has 2 heterocycles. The number of carbonyl (C=O) groups excluding carboxylic acids is 2. The van der Waals surface area contributed by atoms with Crippen LogP contribution in [0.15, 0.2) is 48.8 Å². The van der Waals surface area contributed by atoms with Crippen molar-refractivity contribution in [1.29, 1.82) is 0 Å². The Morgan fingerprint density at radius 2 is 1.64 bits per heavy atom. The van der Waals surface area contributed by atoms with Gasteiger partial charge in [-0.3, -0.25) is 19.3 Å². The second-order valence-electron chi connectivity index (χ2n) is 10.1. The predicted octanol–water partition coefficient (Wildman–Crippen LogP) is 5.85. The molecule has 7 heteroatoms. The highest BCUT2D eigenvalue weighted by atomic mass is 16.2. The quantitative estimate of drug-likeness (QED) is 0.409. The molecule has 2 amide bonds. The molecule has 1 aromatic carbocycles. The van der Waals surface area contributed by atoms with Crippen molar-refractivity contribution in [1.82, 2.24) is 20.1 Å². The average molecular weight is 488 g/mol. The first kappa shape index (κ1) is 25.6. The third kappa shape index (κ3) is 5.83. The molecular formula is C29H37N5O2. The minimum absolute atomic E-state index is 0.0523. The van der Waals surface area contributed by atoms with Crippen molar-refractivity contribution in [3.63, 3.8) is 0 Å². The fraction of sp³-hybridized carbons (Fsp3) is 0.448. The Labute approximate surface area is 213 Å². The van der Waals surface area contributed by atoms with Gasteiger partial charge in [0.05, 0.1) is 0 Å². The van der Waals surface area contributed by atoms with Gasteiger partial charge in [-0.1, -0.05) is 37.8 Å². The van der Waals surface area contributed by atoms with Crippen LogP contribution in [0.25, 0.3) is 11.1 Å². The number of nitrogens with one attached hydrogen (secondary N) is 2. The van der Waals surface area contributed by atoms with Crippen LogP contribution in [-0.4, -0.2) is 32.6 Å². The van der Waals surface area contributed by atoms with Gasteiger partial charge in [0.15, 0.2) is 0 Å². The van der Waals surface area contributed by atoms with Crippen LogP contribution in [0, 0.1) is 19.8 Å². The maximum atomic E-state index is 13.6. The van der Waals surface area contributed by atoms with E-state index in [-0.39, 0.29) is 23.8 Å². The molecule has 0 spiro atoms. The molecule has 2 N–H and O–H groups in total. The van der Waals surface area contributed by atoms with E-state index >= 15 is 0 Å². The van der Waals surface area contributed by atoms with E-state index in [9.17, 15) is 9.59 Å². The molecule has 0 unspecified atom stereocenters. The molecule has 1 fully saturated rings. The van der Waals surface area contributed by atoms with Crippen LogP contribution in [0.3, 0.4) is 0 Å². The standard InChI is InChI=1S/C29H37N5O2/c1-19(2)34-25(16-18-31-34)28(35)33-27(23-9-7-5-6-8-10-23)29(36)32-24-13-11-22(12-14-24)26-20(3)15-17-30-21(26)4/h11-19,23,27H,5-10H2,1-4H3,(H,32,36)(H,33,35)/t27-/m0/s1. The smallest absolute Gasteiger partial charge is 0.270 e. The fourth-order valence-corrected chi connectivity index (χ4v) is 5.23. The Balaban J connectivity index is 1.54. The van der Waals surface area contributed by atoms with E-state index in [2.05, 4.69) is 27.6 Å². The van der Waals surface area contributed by atoms with Crippen molar-refractivity contribution in [2.75, 3.05) is 5.32 Å². The third-order valence-corrected chi connectivity index (χ3v) is 7.12. The van der Waals surface area contributed by atoms with Gasteiger partial charge in [-0.15, -0.1) is 0 Å². The molecule has 1 aliphatic rings. The monoisotopic (exact) mass is 487 g/mol. The molecule has 3 aromatic rings. The van der Waals surface area contributed by atoms with E-state index in [0.29, 0.717) is 11.4 Å². The molecule has 2 aromatic heterocycles. The van der Waals surface area contributed by atoms with Crippen LogP contribution in [0.4, 0.5) is 5.69 Å². The van der Waals surface area contributed by atoms with Crippen molar-refractivity contribution in [3.05, 3.63) is 65.7 Å². The number of rotatable bonds is 7. The second-order valence-corrected chi connectivity index (χ2v) is 10.1. The lowest BCUT2D eigenvalue weighted by Crippen LogP contribution is -2.49. The number of carbonyl (C=O) groups is 2. The molecule has 0 radical (unpaired) electrons. The first-order valence-corrected chi connectivity index (χ1v) is 13.0. The molecule has 1 saturated carbocycles. The van der Waals surface area contributed by atoms with Gasteiger partial charge in [-0.2, -0.15) is 5.10 Å². The van der Waals surface area contributed by atoms with Crippen LogP contribution >= 0.6 is 0 Å². The van der Waals surface area contributed by atoms with Crippen molar-refractivity contribution in [2.45, 2.75) is 78.3 Å². The van der Waals surface area contributed by atoms with Gasteiger partial charge in [-0.05, 0) is 81.8 Å². The summed E-state index contributed by atoms with van der Waals surface area (Å²) in [6, 6.07) is 11.0. The summed E-state index contributed by atoms with van der Waals surface area (Å²) in [6.45, 7) is 8.04. The number of hydrogen-bond donors (Lipinski definition) is 2. The molecule has 0 bridgehead atoms. The molecule has 7 nitrogen and oxygen atoms in total. The summed E-state index contributed by atoms with van der Waals surface area (Å²) in [5.41, 5.74) is 5.50. The van der Waals surface area contributed by atoms with Crippen LogP contribution in [0.2, 0.25) is 0 Å². The third-order valence-electron chi connectivity index (χ3n) is 7.12. The first-order chi connectivity index (χ1) is 17.3. The highest BCUT2D eigenvalue weighted by Gasteiger charge is 2.31. The average Bonchev–Trinajstić information content (AvgIpc) is 3.20. The Morgan fingerprint density at radius 1 is 0.944 bits per heavy atom. The Morgan fingerprint density at radius 3 is 2.28 bits per heavy atom. The van der Waals surface area contributed by atoms with Crippen LogP contribution in [0.1, 0.15) is 80.2 Å². The van der Waals surface area contributed by atoms with Crippen molar-refractivity contribution in [3.8, 4) is 11.1 Å². The topological polar surface area (TPSA) is 88.9 Å². The lowest BCUT2D eigenvalue weighted by molar-refractivity contribution is -0.119. The van der Waals surface area contributed by atoms with Crippen molar-refractivity contribution >= 4 is 17.5 Å². The largest absolute Gasteiger partial charge is 0.339 e. The van der Waals surface area contributed by atoms with Crippen LogP contribution < -0.4 is 10.6 Å². The second kappa shape index (κ2) is 11.5. The van der Waals surface area contributed by atoms with Gasteiger partial charge in [0.1, 0.15) is 11.7 Å². The number of pyridine rings is 1. The summed E-state index contributed by atoms with van der Waals surface area (Å²) in [5, 5.41) is 10.4. The summed E-state index contributed by atoms with van der Waals surface area (Å²) in [7, 11) is 0. The number of hydrogen-bond acceptors (Lipinski definition) is 4. The fourth-order valence-electron chi connectivity index (χ4n) is 5.23. The van der Waals surface area contributed by atoms with E-state index in [1.165, 1.54) is 12.8 Å². The van der Waals surface area contributed by atoms with E-state index in [1.54, 1.807) is 16.9 Å². The number of nitrogens with zero attached hydrogens (tertiary/aromatic N) is 3. The van der Waals surface area contributed by atoms with Gasteiger partial charge in [-0.25, -0.2) is 0 Å². The Kier molecular flexibility index (Phi) is 8.18. The SMILES string of the molecule is Cc1ccnc(C)c1-c1ccc(NC(=O)[C@@H](NC(=O)c2ccnn2C(C)C)C2CCCCCC2)cc1. The van der Waals surface area contributed by atoms with Gasteiger partial charge in [0.25, 0.3) is 5.91 Å². The molecule has 36 heavy (non-hydrogen) atoms. The van der Waals surface area contributed by atoms with Gasteiger partial charge < -0.3 is 10.6 Å². The lowest BCUT2D eigenvalue weighted by Gasteiger charge is -2.26. The molecule has 190 valence electrons. The maximum absolute atomic E-state index is 13.6. The van der Waals surface area contributed by atoms with Crippen LogP contribution in [0.5, 0.6) is 0 Å². The maximum Gasteiger partial charge on any atom is 0.270 e. The van der Waals surface area contributed by atoms with Gasteiger partial charge in [0.2, 0.25) is 5.91 Å². The predicted molar refractivity (Wildman–Crippen MR) is 143 cm³/mol. The molecule has 4 rings (SSSR count). The zero-order valence-electron chi connectivity index (χ0n) is 21.8. The zero-order valence-corrected chi connectivity index (χ0v) is 21.8. The number of amides is 2. The Bertz CT molecular complexity index is 1170. The minimum Gasteiger partial charge on any atom is -0.339 e. The van der Waals surface area contributed by atoms with Crippen LogP contribution in [-0.2, 0) is 4.79 Å². The number of aryl methyl sites for hydroxylation is 2. The molecule has 1 aliphatic carbocycles. The number of aromatic nitrogens is 3. The highest BCUT2D eigenvalue weighted by molar-refractivity contribution is 6.00. The summed E-state index contributed by atoms with van der Waals surface area (Å²) in [4.78, 5) is 31.2. The summed E-state index contributed by atoms with van der Waals surface area (Å²) < 4.78 is 1.69. The minimum atomic E-state index is -0.603. The normalized spacial score (nSPS) is 15.4. The molecule has 0 aliphatic heterocycles.